The number of H-pyrrole nitrogens is 1. The molecular formula is C24H21N3O2. The van der Waals surface area contributed by atoms with Crippen LogP contribution in [0.2, 0.25) is 0 Å². The van der Waals surface area contributed by atoms with Crippen molar-refractivity contribution >= 4 is 16.9 Å². The number of carbonyl (C=O) groups is 1. The number of ether oxygens (including phenoxy) is 1. The molecule has 0 saturated heterocycles. The zero-order chi connectivity index (χ0) is 19.8. The van der Waals surface area contributed by atoms with E-state index in [1.165, 1.54) is 0 Å². The number of aromatic nitrogens is 2. The summed E-state index contributed by atoms with van der Waals surface area (Å²) < 4.78 is 5.93. The standard InChI is InChI=1S/C24H21N3O2/c1-16-4-2-3-5-20(16)24(28)27-10-11-29-23-9-7-17(12-19(23)14-27)18-6-8-21-22(13-18)26-15-25-21/h2-9,12-13,15H,10-11,14H2,1H3,(H,25,26). The number of hydrogen-bond acceptors (Lipinski definition) is 3. The van der Waals surface area contributed by atoms with E-state index in [0.717, 1.165) is 44.6 Å². The topological polar surface area (TPSA) is 58.2 Å². The number of aromatic amines is 1. The van der Waals surface area contributed by atoms with E-state index in [9.17, 15) is 4.79 Å². The molecule has 144 valence electrons. The number of nitrogens with zero attached hydrogens (tertiary/aromatic N) is 2. The van der Waals surface area contributed by atoms with Gasteiger partial charge in [0.05, 0.1) is 23.9 Å². The molecule has 29 heavy (non-hydrogen) atoms. The minimum atomic E-state index is 0.0452. The third-order valence-electron chi connectivity index (χ3n) is 5.46. The fourth-order valence-corrected chi connectivity index (χ4v) is 3.85. The summed E-state index contributed by atoms with van der Waals surface area (Å²) in [4.78, 5) is 22.4. The Kier molecular flexibility index (Phi) is 4.28. The van der Waals surface area contributed by atoms with Crippen molar-refractivity contribution in [3.8, 4) is 16.9 Å². The molecular weight excluding hydrogens is 362 g/mol. The van der Waals surface area contributed by atoms with Gasteiger partial charge >= 0.3 is 0 Å². The number of aryl methyl sites for hydroxylation is 1. The molecule has 0 bridgehead atoms. The molecule has 5 nitrogen and oxygen atoms in total. The van der Waals surface area contributed by atoms with Crippen LogP contribution in [0.5, 0.6) is 5.75 Å². The van der Waals surface area contributed by atoms with Gasteiger partial charge in [0, 0.05) is 17.7 Å². The lowest BCUT2D eigenvalue weighted by Crippen LogP contribution is -2.32. The third kappa shape index (κ3) is 3.25. The molecule has 0 unspecified atom stereocenters. The van der Waals surface area contributed by atoms with Crippen molar-refractivity contribution in [2.24, 2.45) is 0 Å². The van der Waals surface area contributed by atoms with Crippen LogP contribution in [0, 0.1) is 6.92 Å². The van der Waals surface area contributed by atoms with Gasteiger partial charge in [0.15, 0.2) is 0 Å². The minimum Gasteiger partial charge on any atom is -0.491 e. The van der Waals surface area contributed by atoms with Crippen LogP contribution in [-0.2, 0) is 6.54 Å². The minimum absolute atomic E-state index is 0.0452. The number of fused-ring (bicyclic) bond motifs is 2. The Morgan fingerprint density at radius 2 is 1.90 bits per heavy atom. The van der Waals surface area contributed by atoms with Crippen molar-refractivity contribution in [2.75, 3.05) is 13.2 Å². The van der Waals surface area contributed by atoms with Crippen molar-refractivity contribution in [3.05, 3.63) is 83.7 Å². The molecule has 0 spiro atoms. The first-order valence-electron chi connectivity index (χ1n) is 9.73. The lowest BCUT2D eigenvalue weighted by Gasteiger charge is -2.21. The average molecular weight is 383 g/mol. The molecule has 5 heteroatoms. The largest absolute Gasteiger partial charge is 0.491 e. The van der Waals surface area contributed by atoms with Crippen molar-refractivity contribution in [1.29, 1.82) is 0 Å². The summed E-state index contributed by atoms with van der Waals surface area (Å²) in [5.74, 6) is 0.889. The molecule has 1 N–H and O–H groups in total. The number of rotatable bonds is 2. The van der Waals surface area contributed by atoms with Crippen LogP contribution in [0.25, 0.3) is 22.2 Å². The Labute approximate surface area is 169 Å². The second-order valence-corrected chi connectivity index (χ2v) is 7.35. The Hall–Kier alpha value is -3.60. The Bertz CT molecular complexity index is 1210. The monoisotopic (exact) mass is 383 g/mol. The highest BCUT2D eigenvalue weighted by atomic mass is 16.5. The molecule has 1 aliphatic heterocycles. The molecule has 0 fully saturated rings. The van der Waals surface area contributed by atoms with Crippen molar-refractivity contribution < 1.29 is 9.53 Å². The first-order chi connectivity index (χ1) is 14.2. The van der Waals surface area contributed by atoms with E-state index in [2.05, 4.69) is 34.2 Å². The number of hydrogen-bond donors (Lipinski definition) is 1. The van der Waals surface area contributed by atoms with E-state index in [-0.39, 0.29) is 5.91 Å². The number of nitrogens with one attached hydrogen (secondary N) is 1. The zero-order valence-corrected chi connectivity index (χ0v) is 16.2. The SMILES string of the molecule is Cc1ccccc1C(=O)N1CCOc2ccc(-c3ccc4nc[nH]c4c3)cc2C1. The van der Waals surface area contributed by atoms with Crippen LogP contribution in [-0.4, -0.2) is 33.9 Å². The molecule has 0 atom stereocenters. The van der Waals surface area contributed by atoms with Crippen LogP contribution in [0.4, 0.5) is 0 Å². The molecule has 1 amide bonds. The number of imidazole rings is 1. The highest BCUT2D eigenvalue weighted by Gasteiger charge is 2.22. The molecule has 2 heterocycles. The van der Waals surface area contributed by atoms with Crippen molar-refractivity contribution in [1.82, 2.24) is 14.9 Å². The van der Waals surface area contributed by atoms with Gasteiger partial charge in [-0.15, -0.1) is 0 Å². The van der Waals surface area contributed by atoms with Crippen LogP contribution < -0.4 is 4.74 Å². The summed E-state index contributed by atoms with van der Waals surface area (Å²) in [5, 5.41) is 0. The molecule has 5 rings (SSSR count). The predicted molar refractivity (Wildman–Crippen MR) is 113 cm³/mol. The fourth-order valence-electron chi connectivity index (χ4n) is 3.85. The first-order valence-corrected chi connectivity index (χ1v) is 9.73. The quantitative estimate of drug-likeness (QED) is 0.551. The van der Waals surface area contributed by atoms with E-state index in [0.29, 0.717) is 19.7 Å². The van der Waals surface area contributed by atoms with Gasteiger partial charge in [-0.2, -0.15) is 0 Å². The summed E-state index contributed by atoms with van der Waals surface area (Å²) in [5.41, 5.74) is 6.90. The van der Waals surface area contributed by atoms with Gasteiger partial charge in [-0.05, 0) is 53.9 Å². The van der Waals surface area contributed by atoms with Gasteiger partial charge in [-0.25, -0.2) is 4.98 Å². The number of carbonyl (C=O) groups excluding carboxylic acids is 1. The van der Waals surface area contributed by atoms with Gasteiger partial charge in [0.25, 0.3) is 5.91 Å². The highest BCUT2D eigenvalue weighted by Crippen LogP contribution is 2.31. The van der Waals surface area contributed by atoms with Gasteiger partial charge in [0.2, 0.25) is 0 Å². The summed E-state index contributed by atoms with van der Waals surface area (Å²) >= 11 is 0. The van der Waals surface area contributed by atoms with E-state index < -0.39 is 0 Å². The normalized spacial score (nSPS) is 13.6. The van der Waals surface area contributed by atoms with Crippen molar-refractivity contribution in [3.63, 3.8) is 0 Å². The van der Waals surface area contributed by atoms with Gasteiger partial charge in [0.1, 0.15) is 12.4 Å². The molecule has 4 aromatic rings. The molecule has 0 saturated carbocycles. The maximum Gasteiger partial charge on any atom is 0.254 e. The summed E-state index contributed by atoms with van der Waals surface area (Å²) in [6, 6.07) is 20.1. The van der Waals surface area contributed by atoms with Crippen LogP contribution in [0.15, 0.2) is 67.0 Å². The van der Waals surface area contributed by atoms with E-state index in [1.807, 2.05) is 48.2 Å². The number of amides is 1. The maximum atomic E-state index is 13.1. The van der Waals surface area contributed by atoms with Crippen LogP contribution in [0.3, 0.4) is 0 Å². The zero-order valence-electron chi connectivity index (χ0n) is 16.2. The third-order valence-corrected chi connectivity index (χ3v) is 5.46. The van der Waals surface area contributed by atoms with Crippen LogP contribution >= 0.6 is 0 Å². The number of benzene rings is 3. The Morgan fingerprint density at radius 3 is 2.79 bits per heavy atom. The van der Waals surface area contributed by atoms with Gasteiger partial charge in [-0.3, -0.25) is 4.79 Å². The molecule has 1 aliphatic rings. The Morgan fingerprint density at radius 1 is 1.07 bits per heavy atom. The smallest absolute Gasteiger partial charge is 0.254 e. The highest BCUT2D eigenvalue weighted by molar-refractivity contribution is 5.95. The molecule has 0 aliphatic carbocycles. The average Bonchev–Trinajstić information content (AvgIpc) is 3.11. The summed E-state index contributed by atoms with van der Waals surface area (Å²) in [7, 11) is 0. The lowest BCUT2D eigenvalue weighted by molar-refractivity contribution is 0.0732. The second-order valence-electron chi connectivity index (χ2n) is 7.35. The second kappa shape index (κ2) is 7.09. The predicted octanol–water partition coefficient (Wildman–Crippen LogP) is 4.57. The van der Waals surface area contributed by atoms with Gasteiger partial charge < -0.3 is 14.6 Å². The maximum absolute atomic E-state index is 13.1. The van der Waals surface area contributed by atoms with Crippen LogP contribution in [0.1, 0.15) is 21.5 Å². The van der Waals surface area contributed by atoms with Crippen molar-refractivity contribution in [2.45, 2.75) is 13.5 Å². The fraction of sp³-hybridized carbons (Fsp3) is 0.167. The summed E-state index contributed by atoms with van der Waals surface area (Å²) in [6.45, 7) is 3.56. The molecule has 0 radical (unpaired) electrons. The van der Waals surface area contributed by atoms with E-state index in [1.54, 1.807) is 6.33 Å². The molecule has 3 aromatic carbocycles. The molecule has 1 aromatic heterocycles. The summed E-state index contributed by atoms with van der Waals surface area (Å²) in [6.07, 6.45) is 1.70. The first kappa shape index (κ1) is 17.5. The lowest BCUT2D eigenvalue weighted by atomic mass is 10.0. The van der Waals surface area contributed by atoms with E-state index in [4.69, 9.17) is 4.74 Å². The Balaban J connectivity index is 1.48. The van der Waals surface area contributed by atoms with E-state index >= 15 is 0 Å². The van der Waals surface area contributed by atoms with Gasteiger partial charge in [-0.1, -0.05) is 30.3 Å².